The van der Waals surface area contributed by atoms with Crippen LogP contribution in [-0.4, -0.2) is 24.8 Å². The smallest absolute Gasteiger partial charge is 0.258 e. The first-order chi connectivity index (χ1) is 9.87. The van der Waals surface area contributed by atoms with Gasteiger partial charge in [-0.3, -0.25) is 10.1 Å². The Labute approximate surface area is 128 Å². The van der Waals surface area contributed by atoms with Gasteiger partial charge in [0.2, 0.25) is 10.0 Å². The number of benzene rings is 1. The molecule has 0 aliphatic heterocycles. The van der Waals surface area contributed by atoms with Gasteiger partial charge in [-0.15, -0.1) is 11.6 Å². The third kappa shape index (κ3) is 4.66. The van der Waals surface area contributed by atoms with Gasteiger partial charge in [-0.05, 0) is 18.4 Å². The molecule has 1 aliphatic rings. The minimum Gasteiger partial charge on any atom is -0.258 e. The monoisotopic (exact) mass is 332 g/mol. The molecule has 2 rings (SSSR count). The SMILES string of the molecule is O=[N+]([O-])c1ccc(CS(=O)(=O)NC2CCCCC2Cl)cc1. The molecule has 0 saturated heterocycles. The van der Waals surface area contributed by atoms with Gasteiger partial charge in [0.25, 0.3) is 5.69 Å². The van der Waals surface area contributed by atoms with Gasteiger partial charge in [-0.25, -0.2) is 13.1 Å². The van der Waals surface area contributed by atoms with E-state index >= 15 is 0 Å². The zero-order valence-electron chi connectivity index (χ0n) is 11.4. The van der Waals surface area contributed by atoms with Crippen LogP contribution in [0.15, 0.2) is 24.3 Å². The highest BCUT2D eigenvalue weighted by molar-refractivity contribution is 7.88. The van der Waals surface area contributed by atoms with E-state index in [2.05, 4.69) is 4.72 Å². The minimum atomic E-state index is -3.50. The Morgan fingerprint density at radius 1 is 1.24 bits per heavy atom. The number of nitrogens with zero attached hydrogens (tertiary/aromatic N) is 1. The number of hydrogen-bond acceptors (Lipinski definition) is 4. The van der Waals surface area contributed by atoms with Crippen LogP contribution in [0.3, 0.4) is 0 Å². The van der Waals surface area contributed by atoms with E-state index < -0.39 is 14.9 Å². The molecule has 8 heteroatoms. The maximum absolute atomic E-state index is 12.1. The first-order valence-electron chi connectivity index (χ1n) is 6.75. The van der Waals surface area contributed by atoms with Crippen molar-refractivity contribution in [2.24, 2.45) is 0 Å². The predicted molar refractivity (Wildman–Crippen MR) is 80.8 cm³/mol. The molecule has 0 heterocycles. The van der Waals surface area contributed by atoms with Crippen molar-refractivity contribution in [2.75, 3.05) is 0 Å². The van der Waals surface area contributed by atoms with Crippen molar-refractivity contribution < 1.29 is 13.3 Å². The molecule has 1 N–H and O–H groups in total. The van der Waals surface area contributed by atoms with Crippen LogP contribution in [0.1, 0.15) is 31.2 Å². The van der Waals surface area contributed by atoms with E-state index in [1.54, 1.807) is 0 Å². The summed E-state index contributed by atoms with van der Waals surface area (Å²) in [5.74, 6) is -0.203. The summed E-state index contributed by atoms with van der Waals surface area (Å²) >= 11 is 6.15. The van der Waals surface area contributed by atoms with Crippen LogP contribution in [0.4, 0.5) is 5.69 Å². The summed E-state index contributed by atoms with van der Waals surface area (Å²) in [6.07, 6.45) is 3.54. The van der Waals surface area contributed by atoms with Gasteiger partial charge in [0.05, 0.1) is 10.7 Å². The van der Waals surface area contributed by atoms with E-state index in [1.807, 2.05) is 0 Å². The third-order valence-corrected chi connectivity index (χ3v) is 5.41. The zero-order chi connectivity index (χ0) is 15.5. The van der Waals surface area contributed by atoms with E-state index in [1.165, 1.54) is 24.3 Å². The molecule has 6 nitrogen and oxygen atoms in total. The van der Waals surface area contributed by atoms with Crippen LogP contribution in [-0.2, 0) is 15.8 Å². The lowest BCUT2D eigenvalue weighted by Crippen LogP contribution is -2.43. The molecule has 21 heavy (non-hydrogen) atoms. The van der Waals surface area contributed by atoms with Crippen LogP contribution in [0.5, 0.6) is 0 Å². The Hall–Kier alpha value is -1.18. The van der Waals surface area contributed by atoms with E-state index in [9.17, 15) is 18.5 Å². The molecule has 1 saturated carbocycles. The van der Waals surface area contributed by atoms with Crippen molar-refractivity contribution in [1.82, 2.24) is 4.72 Å². The highest BCUT2D eigenvalue weighted by atomic mass is 35.5. The Kier molecular flexibility index (Phi) is 5.18. The number of halogens is 1. The van der Waals surface area contributed by atoms with Crippen LogP contribution in [0.2, 0.25) is 0 Å². The van der Waals surface area contributed by atoms with Crippen LogP contribution < -0.4 is 4.72 Å². The topological polar surface area (TPSA) is 89.3 Å². The fourth-order valence-corrected chi connectivity index (χ4v) is 4.30. The quantitative estimate of drug-likeness (QED) is 0.510. The fraction of sp³-hybridized carbons (Fsp3) is 0.538. The van der Waals surface area contributed by atoms with Gasteiger partial charge in [0, 0.05) is 23.6 Å². The number of rotatable bonds is 5. The Morgan fingerprint density at radius 3 is 2.43 bits per heavy atom. The summed E-state index contributed by atoms with van der Waals surface area (Å²) < 4.78 is 26.9. The average Bonchev–Trinajstić information content (AvgIpc) is 2.41. The fourth-order valence-electron chi connectivity index (χ4n) is 2.42. The highest BCUT2D eigenvalue weighted by Gasteiger charge is 2.27. The second kappa shape index (κ2) is 6.72. The van der Waals surface area contributed by atoms with Gasteiger partial charge in [-0.1, -0.05) is 25.0 Å². The van der Waals surface area contributed by atoms with Crippen molar-refractivity contribution in [1.29, 1.82) is 0 Å². The maximum atomic E-state index is 12.1. The van der Waals surface area contributed by atoms with Crippen LogP contribution in [0.25, 0.3) is 0 Å². The van der Waals surface area contributed by atoms with E-state index in [0.717, 1.165) is 25.7 Å². The molecule has 0 bridgehead atoms. The summed E-state index contributed by atoms with van der Waals surface area (Å²) in [6.45, 7) is 0. The summed E-state index contributed by atoms with van der Waals surface area (Å²) in [5, 5.41) is 10.4. The van der Waals surface area contributed by atoms with Crippen molar-refractivity contribution in [3.63, 3.8) is 0 Å². The van der Waals surface area contributed by atoms with Crippen LogP contribution >= 0.6 is 11.6 Å². The molecule has 1 fully saturated rings. The largest absolute Gasteiger partial charge is 0.269 e. The normalized spacial score (nSPS) is 22.9. The third-order valence-electron chi connectivity index (χ3n) is 3.52. The van der Waals surface area contributed by atoms with Crippen molar-refractivity contribution in [3.05, 3.63) is 39.9 Å². The van der Waals surface area contributed by atoms with Gasteiger partial charge in [0.15, 0.2) is 0 Å². The van der Waals surface area contributed by atoms with Crippen LogP contribution in [0, 0.1) is 10.1 Å². The first kappa shape index (κ1) is 16.2. The molecule has 116 valence electrons. The molecule has 1 aromatic carbocycles. The maximum Gasteiger partial charge on any atom is 0.269 e. The standard InChI is InChI=1S/C13H17ClN2O4S/c14-12-3-1-2-4-13(12)15-21(19,20)9-10-5-7-11(8-6-10)16(17)18/h5-8,12-13,15H,1-4,9H2. The number of nitro benzene ring substituents is 1. The molecule has 0 radical (unpaired) electrons. The molecular formula is C13H17ClN2O4S. The lowest BCUT2D eigenvalue weighted by atomic mass is 9.96. The van der Waals surface area contributed by atoms with Crippen molar-refractivity contribution in [2.45, 2.75) is 42.9 Å². The zero-order valence-corrected chi connectivity index (χ0v) is 12.9. The predicted octanol–water partition coefficient (Wildman–Crippen LogP) is 2.56. The summed E-state index contributed by atoms with van der Waals surface area (Å²) in [6, 6.07) is 5.28. The number of nitrogens with one attached hydrogen (secondary N) is 1. The summed E-state index contributed by atoms with van der Waals surface area (Å²) in [7, 11) is -3.50. The highest BCUT2D eigenvalue weighted by Crippen LogP contribution is 2.24. The molecule has 2 unspecified atom stereocenters. The van der Waals surface area contributed by atoms with E-state index in [-0.39, 0.29) is 22.9 Å². The Morgan fingerprint density at radius 2 is 1.86 bits per heavy atom. The second-order valence-electron chi connectivity index (χ2n) is 5.21. The number of sulfonamides is 1. The minimum absolute atomic E-state index is 0.0581. The summed E-state index contributed by atoms with van der Waals surface area (Å²) in [4.78, 5) is 10.0. The molecule has 0 amide bonds. The Bertz CT molecular complexity index is 603. The number of non-ortho nitro benzene ring substituents is 1. The number of hydrogen-bond donors (Lipinski definition) is 1. The van der Waals surface area contributed by atoms with Gasteiger partial charge in [-0.2, -0.15) is 0 Å². The molecule has 1 aromatic rings. The first-order valence-corrected chi connectivity index (χ1v) is 8.84. The molecule has 0 spiro atoms. The molecule has 1 aliphatic carbocycles. The van der Waals surface area contributed by atoms with E-state index in [4.69, 9.17) is 11.6 Å². The summed E-state index contributed by atoms with van der Waals surface area (Å²) in [5.41, 5.74) is 0.451. The van der Waals surface area contributed by atoms with Crippen molar-refractivity contribution in [3.8, 4) is 0 Å². The lowest BCUT2D eigenvalue weighted by Gasteiger charge is -2.27. The van der Waals surface area contributed by atoms with Gasteiger partial charge < -0.3 is 0 Å². The molecule has 2 atom stereocenters. The second-order valence-corrected chi connectivity index (χ2v) is 7.52. The Balaban J connectivity index is 2.01. The molecular weight excluding hydrogens is 316 g/mol. The lowest BCUT2D eigenvalue weighted by molar-refractivity contribution is -0.384. The van der Waals surface area contributed by atoms with Gasteiger partial charge >= 0.3 is 0 Å². The number of alkyl halides is 1. The molecule has 0 aromatic heterocycles. The van der Waals surface area contributed by atoms with Crippen molar-refractivity contribution >= 4 is 27.3 Å². The van der Waals surface area contributed by atoms with E-state index in [0.29, 0.717) is 5.56 Å². The average molecular weight is 333 g/mol. The number of nitro groups is 1. The van der Waals surface area contributed by atoms with Gasteiger partial charge in [0.1, 0.15) is 0 Å².